The summed E-state index contributed by atoms with van der Waals surface area (Å²) in [6.07, 6.45) is 8.36. The standard InChI is InChI=1S/C15H19N5OS/c21-15-8-11-4-1-2-6-13(11)17-20(15)10-12-5-3-7-19(12)14-9-16-22-18-14/h8-9,12H,1-7,10H2. The van der Waals surface area contributed by atoms with E-state index >= 15 is 0 Å². The van der Waals surface area contributed by atoms with Crippen LogP contribution in [0.3, 0.4) is 0 Å². The molecule has 0 N–H and O–H groups in total. The summed E-state index contributed by atoms with van der Waals surface area (Å²) in [6.45, 7) is 1.62. The van der Waals surface area contributed by atoms with Gasteiger partial charge < -0.3 is 4.90 Å². The Morgan fingerprint density at radius 1 is 1.27 bits per heavy atom. The first kappa shape index (κ1) is 13.9. The van der Waals surface area contributed by atoms with Gasteiger partial charge >= 0.3 is 0 Å². The Labute approximate surface area is 133 Å². The monoisotopic (exact) mass is 317 g/mol. The molecule has 22 heavy (non-hydrogen) atoms. The Morgan fingerprint density at radius 2 is 2.18 bits per heavy atom. The predicted octanol–water partition coefficient (Wildman–Crippen LogP) is 1.64. The van der Waals surface area contributed by atoms with E-state index in [1.807, 2.05) is 6.20 Å². The molecule has 6 nitrogen and oxygen atoms in total. The second kappa shape index (κ2) is 5.79. The third-order valence-corrected chi connectivity index (χ3v) is 5.15. The third kappa shape index (κ3) is 2.54. The highest BCUT2D eigenvalue weighted by molar-refractivity contribution is 6.99. The summed E-state index contributed by atoms with van der Waals surface area (Å²) in [5.41, 5.74) is 2.30. The van der Waals surface area contributed by atoms with E-state index in [4.69, 9.17) is 0 Å². The van der Waals surface area contributed by atoms with E-state index in [1.165, 1.54) is 24.6 Å². The molecule has 0 amide bonds. The zero-order valence-corrected chi connectivity index (χ0v) is 13.3. The van der Waals surface area contributed by atoms with Gasteiger partial charge in [0.15, 0.2) is 5.82 Å². The van der Waals surface area contributed by atoms with Crippen molar-refractivity contribution >= 4 is 17.5 Å². The lowest BCUT2D eigenvalue weighted by atomic mass is 9.97. The van der Waals surface area contributed by atoms with Crippen LogP contribution in [0.25, 0.3) is 0 Å². The van der Waals surface area contributed by atoms with E-state index in [0.717, 1.165) is 49.3 Å². The molecule has 1 atom stereocenters. The second-order valence-electron chi connectivity index (χ2n) is 6.10. The average molecular weight is 317 g/mol. The molecule has 116 valence electrons. The number of aryl methyl sites for hydroxylation is 2. The number of anilines is 1. The summed E-state index contributed by atoms with van der Waals surface area (Å²) >= 11 is 1.23. The highest BCUT2D eigenvalue weighted by atomic mass is 32.1. The zero-order chi connectivity index (χ0) is 14.9. The second-order valence-corrected chi connectivity index (χ2v) is 6.66. The molecule has 1 unspecified atom stereocenters. The molecule has 0 bridgehead atoms. The van der Waals surface area contributed by atoms with Crippen LogP contribution < -0.4 is 10.5 Å². The highest BCUT2D eigenvalue weighted by Crippen LogP contribution is 2.25. The number of nitrogens with zero attached hydrogens (tertiary/aromatic N) is 5. The first-order valence-electron chi connectivity index (χ1n) is 7.95. The Morgan fingerprint density at radius 3 is 3.05 bits per heavy atom. The molecule has 0 radical (unpaired) electrons. The molecule has 2 aliphatic rings. The molecular weight excluding hydrogens is 298 g/mol. The minimum Gasteiger partial charge on any atom is -0.350 e. The minimum absolute atomic E-state index is 0.0314. The van der Waals surface area contributed by atoms with Crippen LogP contribution >= 0.6 is 11.7 Å². The summed E-state index contributed by atoms with van der Waals surface area (Å²) < 4.78 is 10.1. The smallest absolute Gasteiger partial charge is 0.267 e. The summed E-state index contributed by atoms with van der Waals surface area (Å²) in [5.74, 6) is 0.929. The van der Waals surface area contributed by atoms with Gasteiger partial charge in [-0.25, -0.2) is 4.68 Å². The van der Waals surface area contributed by atoms with Crippen LogP contribution in [0.15, 0.2) is 17.1 Å². The van der Waals surface area contributed by atoms with E-state index in [9.17, 15) is 4.79 Å². The lowest BCUT2D eigenvalue weighted by Gasteiger charge is -2.25. The number of fused-ring (bicyclic) bond motifs is 1. The molecule has 1 fully saturated rings. The topological polar surface area (TPSA) is 63.9 Å². The maximum absolute atomic E-state index is 12.3. The van der Waals surface area contributed by atoms with Crippen LogP contribution in [0.4, 0.5) is 5.82 Å². The van der Waals surface area contributed by atoms with Crippen LogP contribution in [0.2, 0.25) is 0 Å². The van der Waals surface area contributed by atoms with Gasteiger partial charge in [-0.1, -0.05) is 0 Å². The van der Waals surface area contributed by atoms with E-state index in [1.54, 1.807) is 10.7 Å². The quantitative estimate of drug-likeness (QED) is 0.861. The maximum Gasteiger partial charge on any atom is 0.267 e. The van der Waals surface area contributed by atoms with Gasteiger partial charge in [0, 0.05) is 12.6 Å². The Kier molecular flexibility index (Phi) is 3.65. The fraction of sp³-hybridized carbons (Fsp3) is 0.600. The molecule has 4 rings (SSSR count). The Balaban J connectivity index is 1.59. The van der Waals surface area contributed by atoms with Crippen LogP contribution in [-0.4, -0.2) is 31.1 Å². The molecule has 1 aliphatic carbocycles. The van der Waals surface area contributed by atoms with Crippen LogP contribution in [0.1, 0.15) is 36.9 Å². The van der Waals surface area contributed by atoms with Gasteiger partial charge in [0.05, 0.1) is 36.2 Å². The van der Waals surface area contributed by atoms with Crippen molar-refractivity contribution in [3.63, 3.8) is 0 Å². The van der Waals surface area contributed by atoms with Crippen molar-refractivity contribution in [2.24, 2.45) is 0 Å². The fourth-order valence-electron chi connectivity index (χ4n) is 3.54. The normalized spacial score (nSPS) is 21.1. The molecule has 3 heterocycles. The molecular formula is C15H19N5OS. The lowest BCUT2D eigenvalue weighted by molar-refractivity contribution is 0.472. The maximum atomic E-state index is 12.3. The summed E-state index contributed by atoms with van der Waals surface area (Å²) in [6, 6.07) is 2.08. The molecule has 7 heteroatoms. The van der Waals surface area contributed by atoms with Crippen LogP contribution in [-0.2, 0) is 19.4 Å². The van der Waals surface area contributed by atoms with Crippen molar-refractivity contribution in [1.82, 2.24) is 18.5 Å². The number of aromatic nitrogens is 4. The molecule has 0 saturated carbocycles. The number of hydrogen-bond acceptors (Lipinski definition) is 6. The largest absolute Gasteiger partial charge is 0.350 e. The van der Waals surface area contributed by atoms with Gasteiger partial charge in [-0.3, -0.25) is 4.79 Å². The third-order valence-electron chi connectivity index (χ3n) is 4.68. The van der Waals surface area contributed by atoms with Crippen LogP contribution in [0.5, 0.6) is 0 Å². The van der Waals surface area contributed by atoms with Crippen molar-refractivity contribution < 1.29 is 0 Å². The number of rotatable bonds is 3. The average Bonchev–Trinajstić information content (AvgIpc) is 3.18. The summed E-state index contributed by atoms with van der Waals surface area (Å²) in [5, 5.41) is 4.64. The van der Waals surface area contributed by atoms with E-state index in [-0.39, 0.29) is 11.6 Å². The molecule has 2 aromatic rings. The minimum atomic E-state index is 0.0314. The highest BCUT2D eigenvalue weighted by Gasteiger charge is 2.27. The van der Waals surface area contributed by atoms with Gasteiger partial charge in [0.2, 0.25) is 0 Å². The van der Waals surface area contributed by atoms with Gasteiger partial charge in [-0.2, -0.15) is 13.8 Å². The Bertz CT molecular complexity index is 711. The van der Waals surface area contributed by atoms with E-state index in [2.05, 4.69) is 18.7 Å². The summed E-state index contributed by atoms with van der Waals surface area (Å²) in [4.78, 5) is 14.6. The van der Waals surface area contributed by atoms with Crippen molar-refractivity contribution in [2.45, 2.75) is 51.1 Å². The molecule has 1 aliphatic heterocycles. The predicted molar refractivity (Wildman–Crippen MR) is 85.4 cm³/mol. The van der Waals surface area contributed by atoms with Crippen molar-refractivity contribution in [2.75, 3.05) is 11.4 Å². The van der Waals surface area contributed by atoms with E-state index in [0.29, 0.717) is 6.54 Å². The molecule has 0 spiro atoms. The van der Waals surface area contributed by atoms with Crippen molar-refractivity contribution in [3.05, 3.63) is 33.9 Å². The molecule has 2 aromatic heterocycles. The van der Waals surface area contributed by atoms with Gasteiger partial charge in [0.25, 0.3) is 5.56 Å². The first-order chi connectivity index (χ1) is 10.8. The SMILES string of the molecule is O=c1cc2c(nn1CC1CCCN1c1cnsn1)CCCC2. The zero-order valence-electron chi connectivity index (χ0n) is 12.4. The molecule has 0 aromatic carbocycles. The van der Waals surface area contributed by atoms with Crippen LogP contribution in [0, 0.1) is 0 Å². The summed E-state index contributed by atoms with van der Waals surface area (Å²) in [7, 11) is 0. The van der Waals surface area contributed by atoms with E-state index < -0.39 is 0 Å². The van der Waals surface area contributed by atoms with Gasteiger partial charge in [0.1, 0.15) is 0 Å². The molecule has 1 saturated heterocycles. The van der Waals surface area contributed by atoms with Crippen molar-refractivity contribution in [3.8, 4) is 0 Å². The first-order valence-corrected chi connectivity index (χ1v) is 8.68. The fourth-order valence-corrected chi connectivity index (χ4v) is 3.97. The lowest BCUT2D eigenvalue weighted by Crippen LogP contribution is -2.38. The van der Waals surface area contributed by atoms with Crippen molar-refractivity contribution in [1.29, 1.82) is 0 Å². The number of hydrogen-bond donors (Lipinski definition) is 0. The van der Waals surface area contributed by atoms with Gasteiger partial charge in [-0.15, -0.1) is 0 Å². The van der Waals surface area contributed by atoms with Gasteiger partial charge in [-0.05, 0) is 44.1 Å². The Hall–Kier alpha value is -1.76.